The van der Waals surface area contributed by atoms with Crippen molar-refractivity contribution in [2.45, 2.75) is 46.0 Å². The molecule has 0 aromatic rings. The third-order valence-corrected chi connectivity index (χ3v) is 2.01. The van der Waals surface area contributed by atoms with E-state index in [4.69, 9.17) is 14.6 Å². The summed E-state index contributed by atoms with van der Waals surface area (Å²) in [6.07, 6.45) is 3.78. The zero-order chi connectivity index (χ0) is 13.8. The summed E-state index contributed by atoms with van der Waals surface area (Å²) in [7, 11) is 0. The van der Waals surface area contributed by atoms with Crippen LogP contribution in [0.4, 0.5) is 0 Å². The molecule has 0 rings (SSSR count). The monoisotopic (exact) mass is 258 g/mol. The van der Waals surface area contributed by atoms with Gasteiger partial charge in [-0.25, -0.2) is 0 Å². The molecule has 0 unspecified atom stereocenters. The summed E-state index contributed by atoms with van der Waals surface area (Å²) in [5.41, 5.74) is 1.09. The highest BCUT2D eigenvalue weighted by atomic mass is 16.5. The topological polar surface area (TPSA) is 72.8 Å². The summed E-state index contributed by atoms with van der Waals surface area (Å²) in [6.45, 7) is 4.75. The molecule has 0 aromatic carbocycles. The predicted octanol–water partition coefficient (Wildman–Crippen LogP) is 2.50. The Hall–Kier alpha value is -1.52. The molecule has 0 aromatic heterocycles. The van der Waals surface area contributed by atoms with Crippen molar-refractivity contribution in [3.8, 4) is 0 Å². The molecule has 104 valence electrons. The van der Waals surface area contributed by atoms with Crippen LogP contribution in [-0.4, -0.2) is 30.3 Å². The first-order valence-electron chi connectivity index (χ1n) is 6.14. The summed E-state index contributed by atoms with van der Waals surface area (Å²) in [6, 6.07) is 0. The number of ether oxygens (including phenoxy) is 2. The van der Waals surface area contributed by atoms with Crippen LogP contribution in [0.15, 0.2) is 11.8 Å². The molecule has 0 fully saturated rings. The van der Waals surface area contributed by atoms with Crippen LogP contribution in [0.2, 0.25) is 0 Å². The number of carboxylic acids is 1. The Morgan fingerprint density at radius 2 is 1.72 bits per heavy atom. The second kappa shape index (κ2) is 10.6. The summed E-state index contributed by atoms with van der Waals surface area (Å²) < 4.78 is 10.2. The van der Waals surface area contributed by atoms with Crippen molar-refractivity contribution in [1.29, 1.82) is 0 Å². The largest absolute Gasteiger partial charge is 0.501 e. The number of carbonyl (C=O) groups is 2. The van der Waals surface area contributed by atoms with Crippen molar-refractivity contribution in [3.05, 3.63) is 11.8 Å². The number of unbranched alkanes of at least 4 members (excludes halogenated alkanes) is 1. The maximum absolute atomic E-state index is 11.2. The number of esters is 1. The van der Waals surface area contributed by atoms with Crippen LogP contribution in [0.5, 0.6) is 0 Å². The second-order valence-electron chi connectivity index (χ2n) is 4.24. The Kier molecular flexibility index (Phi) is 9.73. The highest BCUT2D eigenvalue weighted by molar-refractivity contribution is 5.69. The lowest BCUT2D eigenvalue weighted by molar-refractivity contribution is -0.144. The van der Waals surface area contributed by atoms with Gasteiger partial charge in [0.15, 0.2) is 0 Å². The molecule has 0 radical (unpaired) electrons. The molecule has 0 spiro atoms. The van der Waals surface area contributed by atoms with Gasteiger partial charge in [0, 0.05) is 19.3 Å². The number of allylic oxidation sites excluding steroid dienone is 1. The van der Waals surface area contributed by atoms with Gasteiger partial charge in [-0.15, -0.1) is 0 Å². The fraction of sp³-hybridized carbons (Fsp3) is 0.692. The normalized spacial score (nSPS) is 9.67. The van der Waals surface area contributed by atoms with E-state index in [1.165, 1.54) is 0 Å². The SMILES string of the molecule is CC(C)=COCCCOC(=O)CCCCC(=O)O. The van der Waals surface area contributed by atoms with Gasteiger partial charge in [-0.2, -0.15) is 0 Å². The molecule has 0 saturated heterocycles. The zero-order valence-corrected chi connectivity index (χ0v) is 11.1. The second-order valence-corrected chi connectivity index (χ2v) is 4.24. The third-order valence-electron chi connectivity index (χ3n) is 2.01. The van der Waals surface area contributed by atoms with Gasteiger partial charge in [0.25, 0.3) is 0 Å². The number of rotatable bonds is 10. The summed E-state index contributed by atoms with van der Waals surface area (Å²) >= 11 is 0. The molecule has 0 saturated carbocycles. The molecule has 5 nitrogen and oxygen atoms in total. The van der Waals surface area contributed by atoms with Crippen LogP contribution in [0.25, 0.3) is 0 Å². The van der Waals surface area contributed by atoms with Crippen LogP contribution < -0.4 is 0 Å². The lowest BCUT2D eigenvalue weighted by atomic mass is 10.2. The van der Waals surface area contributed by atoms with Crippen LogP contribution in [-0.2, 0) is 19.1 Å². The number of hydrogen-bond donors (Lipinski definition) is 1. The Morgan fingerprint density at radius 3 is 2.33 bits per heavy atom. The molecule has 0 aliphatic rings. The Morgan fingerprint density at radius 1 is 1.06 bits per heavy atom. The fourth-order valence-corrected chi connectivity index (χ4v) is 1.17. The molecule has 0 aliphatic heterocycles. The number of carbonyl (C=O) groups excluding carboxylic acids is 1. The van der Waals surface area contributed by atoms with Crippen LogP contribution in [0.3, 0.4) is 0 Å². The van der Waals surface area contributed by atoms with E-state index in [0.29, 0.717) is 32.5 Å². The van der Waals surface area contributed by atoms with Crippen LogP contribution in [0, 0.1) is 0 Å². The van der Waals surface area contributed by atoms with E-state index in [1.54, 1.807) is 6.26 Å². The van der Waals surface area contributed by atoms with Crippen molar-refractivity contribution in [3.63, 3.8) is 0 Å². The first-order valence-corrected chi connectivity index (χ1v) is 6.14. The molecule has 1 N–H and O–H groups in total. The summed E-state index contributed by atoms with van der Waals surface area (Å²) in [5.74, 6) is -1.11. The maximum Gasteiger partial charge on any atom is 0.305 e. The third kappa shape index (κ3) is 12.5. The fourth-order valence-electron chi connectivity index (χ4n) is 1.17. The Bertz CT molecular complexity index is 279. The average molecular weight is 258 g/mol. The molecule has 0 amide bonds. The molecule has 0 atom stereocenters. The molecular formula is C13H22O5. The van der Waals surface area contributed by atoms with Crippen LogP contribution in [0.1, 0.15) is 46.0 Å². The highest BCUT2D eigenvalue weighted by Crippen LogP contribution is 2.01. The van der Waals surface area contributed by atoms with Crippen molar-refractivity contribution in [1.82, 2.24) is 0 Å². The van der Waals surface area contributed by atoms with Crippen molar-refractivity contribution in [2.24, 2.45) is 0 Å². The predicted molar refractivity (Wildman–Crippen MR) is 67.1 cm³/mol. The Labute approximate surface area is 108 Å². The summed E-state index contributed by atoms with van der Waals surface area (Å²) in [4.78, 5) is 21.4. The molecule has 18 heavy (non-hydrogen) atoms. The van der Waals surface area contributed by atoms with Gasteiger partial charge in [-0.3, -0.25) is 9.59 Å². The standard InChI is InChI=1S/C13H22O5/c1-11(2)10-17-8-5-9-18-13(16)7-4-3-6-12(14)15/h10H,3-9H2,1-2H3,(H,14,15). The van der Waals surface area contributed by atoms with E-state index in [0.717, 1.165) is 5.57 Å². The number of hydrogen-bond acceptors (Lipinski definition) is 4. The van der Waals surface area contributed by atoms with E-state index in [9.17, 15) is 9.59 Å². The van der Waals surface area contributed by atoms with Crippen molar-refractivity contribution < 1.29 is 24.2 Å². The lowest BCUT2D eigenvalue weighted by Gasteiger charge is -2.04. The highest BCUT2D eigenvalue weighted by Gasteiger charge is 2.03. The smallest absolute Gasteiger partial charge is 0.305 e. The number of aliphatic carboxylic acids is 1. The van der Waals surface area contributed by atoms with Gasteiger partial charge in [0.1, 0.15) is 0 Å². The van der Waals surface area contributed by atoms with E-state index in [-0.39, 0.29) is 18.8 Å². The van der Waals surface area contributed by atoms with Crippen molar-refractivity contribution >= 4 is 11.9 Å². The van der Waals surface area contributed by atoms with Gasteiger partial charge in [-0.1, -0.05) is 0 Å². The first kappa shape index (κ1) is 16.5. The van der Waals surface area contributed by atoms with Crippen LogP contribution >= 0.6 is 0 Å². The molecule has 0 heterocycles. The van der Waals surface area contributed by atoms with Crippen molar-refractivity contribution in [2.75, 3.05) is 13.2 Å². The first-order chi connectivity index (χ1) is 8.52. The minimum absolute atomic E-state index is 0.101. The van der Waals surface area contributed by atoms with Gasteiger partial charge in [0.2, 0.25) is 0 Å². The van der Waals surface area contributed by atoms with E-state index < -0.39 is 5.97 Å². The van der Waals surface area contributed by atoms with Gasteiger partial charge in [-0.05, 0) is 32.3 Å². The van der Waals surface area contributed by atoms with E-state index in [1.807, 2.05) is 13.8 Å². The number of carboxylic acid groups (broad SMARTS) is 1. The van der Waals surface area contributed by atoms with Gasteiger partial charge >= 0.3 is 11.9 Å². The molecule has 5 heteroatoms. The maximum atomic E-state index is 11.2. The minimum Gasteiger partial charge on any atom is -0.501 e. The summed E-state index contributed by atoms with van der Waals surface area (Å²) in [5, 5.41) is 8.41. The zero-order valence-electron chi connectivity index (χ0n) is 11.1. The van der Waals surface area contributed by atoms with E-state index in [2.05, 4.69) is 0 Å². The quantitative estimate of drug-likeness (QED) is 0.370. The average Bonchev–Trinajstić information content (AvgIpc) is 2.28. The molecular weight excluding hydrogens is 236 g/mol. The molecule has 0 aliphatic carbocycles. The van der Waals surface area contributed by atoms with Gasteiger partial charge < -0.3 is 14.6 Å². The Balaban J connectivity index is 3.32. The van der Waals surface area contributed by atoms with Gasteiger partial charge in [0.05, 0.1) is 19.5 Å². The minimum atomic E-state index is -0.834. The van der Waals surface area contributed by atoms with E-state index >= 15 is 0 Å². The lowest BCUT2D eigenvalue weighted by Crippen LogP contribution is -2.07. The molecule has 0 bridgehead atoms.